The van der Waals surface area contributed by atoms with E-state index >= 15 is 0 Å². The van der Waals surface area contributed by atoms with Crippen LogP contribution >= 0.6 is 0 Å². The summed E-state index contributed by atoms with van der Waals surface area (Å²) in [4.78, 5) is 0. The van der Waals surface area contributed by atoms with Gasteiger partial charge in [0.1, 0.15) is 0 Å². The Morgan fingerprint density at radius 3 is 1.21 bits per heavy atom. The molecule has 0 aliphatic carbocycles. The van der Waals surface area contributed by atoms with Crippen molar-refractivity contribution in [1.82, 2.24) is 0 Å². The van der Waals surface area contributed by atoms with E-state index in [4.69, 9.17) is 0 Å². The summed E-state index contributed by atoms with van der Waals surface area (Å²) < 4.78 is 172. The fraction of sp³-hybridized carbons (Fsp3) is 0.684. The standard InChI is InChI=1S/C19H19F13O/c1-12(2,3)10-5-7-11(8-6-10)13(4,33)9-14(20,21)15(22,23)16(24,25)17(26,27)18(28,29)19(30,31)32/h5-8,33H,9H2,1-4H3. The van der Waals surface area contributed by atoms with Crippen molar-refractivity contribution in [2.24, 2.45) is 0 Å². The van der Waals surface area contributed by atoms with Crippen LogP contribution in [0.25, 0.3) is 0 Å². The van der Waals surface area contributed by atoms with Crippen molar-refractivity contribution in [3.63, 3.8) is 0 Å². The fourth-order valence-electron chi connectivity index (χ4n) is 2.78. The Bertz CT molecular complexity index is 831. The third kappa shape index (κ3) is 4.76. The second-order valence-corrected chi connectivity index (χ2v) is 8.78. The van der Waals surface area contributed by atoms with E-state index < -0.39 is 58.8 Å². The van der Waals surface area contributed by atoms with Gasteiger partial charge < -0.3 is 5.11 Å². The number of halogens is 13. The highest BCUT2D eigenvalue weighted by atomic mass is 19.4. The van der Waals surface area contributed by atoms with Gasteiger partial charge in [-0.1, -0.05) is 45.0 Å². The quantitative estimate of drug-likeness (QED) is 0.381. The molecule has 33 heavy (non-hydrogen) atoms. The van der Waals surface area contributed by atoms with Gasteiger partial charge in [-0.3, -0.25) is 0 Å². The minimum atomic E-state index is -7.97. The van der Waals surface area contributed by atoms with Crippen molar-refractivity contribution in [3.8, 4) is 0 Å². The Balaban J connectivity index is 3.42. The predicted molar refractivity (Wildman–Crippen MR) is 90.1 cm³/mol. The van der Waals surface area contributed by atoms with Crippen LogP contribution in [-0.2, 0) is 11.0 Å². The maximum atomic E-state index is 14.1. The first-order valence-corrected chi connectivity index (χ1v) is 8.96. The van der Waals surface area contributed by atoms with Crippen LogP contribution in [0.2, 0.25) is 0 Å². The SMILES string of the molecule is CC(C)(C)c1ccc(C(C)(O)CC(F)(F)C(F)(F)C(F)(F)C(F)(F)C(F)(F)C(F)(F)F)cc1. The van der Waals surface area contributed by atoms with Gasteiger partial charge in [-0.15, -0.1) is 0 Å². The van der Waals surface area contributed by atoms with E-state index in [2.05, 4.69) is 0 Å². The fourth-order valence-corrected chi connectivity index (χ4v) is 2.78. The number of aliphatic hydroxyl groups is 1. The van der Waals surface area contributed by atoms with Crippen LogP contribution in [0.5, 0.6) is 0 Å². The van der Waals surface area contributed by atoms with Gasteiger partial charge in [0.25, 0.3) is 0 Å². The number of hydrogen-bond acceptors (Lipinski definition) is 1. The summed E-state index contributed by atoms with van der Waals surface area (Å²) in [5, 5.41) is 10.2. The zero-order valence-electron chi connectivity index (χ0n) is 17.4. The molecule has 0 bridgehead atoms. The van der Waals surface area contributed by atoms with Crippen LogP contribution in [0.1, 0.15) is 45.2 Å². The number of alkyl halides is 13. The summed E-state index contributed by atoms with van der Waals surface area (Å²) in [6.07, 6.45) is -10.2. The molecule has 192 valence electrons. The van der Waals surface area contributed by atoms with Crippen LogP contribution in [0.4, 0.5) is 57.1 Å². The smallest absolute Gasteiger partial charge is 0.385 e. The molecule has 0 aliphatic rings. The van der Waals surface area contributed by atoms with Gasteiger partial charge in [0.15, 0.2) is 0 Å². The Hall–Kier alpha value is -1.73. The normalized spacial score (nSPS) is 17.2. The molecule has 1 N–H and O–H groups in total. The highest BCUT2D eigenvalue weighted by Gasteiger charge is 2.90. The van der Waals surface area contributed by atoms with E-state index in [-0.39, 0.29) is 0 Å². The molecule has 0 saturated heterocycles. The second kappa shape index (κ2) is 7.91. The molecule has 1 atom stereocenters. The average Bonchev–Trinajstić information content (AvgIpc) is 2.58. The van der Waals surface area contributed by atoms with Crippen LogP contribution in [0.3, 0.4) is 0 Å². The van der Waals surface area contributed by atoms with Crippen LogP contribution in [0, 0.1) is 0 Å². The predicted octanol–water partition coefficient (Wildman–Crippen LogP) is 7.32. The van der Waals surface area contributed by atoms with Gasteiger partial charge in [-0.25, -0.2) is 0 Å². The van der Waals surface area contributed by atoms with Gasteiger partial charge in [0.05, 0.1) is 12.0 Å². The summed E-state index contributed by atoms with van der Waals surface area (Å²) in [5.74, 6) is -37.4. The molecule has 1 rings (SSSR count). The molecule has 1 aromatic carbocycles. The number of benzene rings is 1. The van der Waals surface area contributed by atoms with E-state index in [0.717, 1.165) is 12.1 Å². The maximum Gasteiger partial charge on any atom is 0.460 e. The van der Waals surface area contributed by atoms with Gasteiger partial charge >= 0.3 is 35.8 Å². The average molecular weight is 510 g/mol. The number of hydrogen-bond donors (Lipinski definition) is 1. The third-order valence-electron chi connectivity index (χ3n) is 4.94. The molecule has 1 unspecified atom stereocenters. The lowest BCUT2D eigenvalue weighted by atomic mass is 9.82. The van der Waals surface area contributed by atoms with Crippen molar-refractivity contribution in [1.29, 1.82) is 0 Å². The molecular formula is C19H19F13O. The van der Waals surface area contributed by atoms with E-state index in [1.165, 1.54) is 12.1 Å². The Labute approximate surface area is 179 Å². The Kier molecular flexibility index (Phi) is 7.02. The molecule has 14 heteroatoms. The molecule has 0 saturated carbocycles. The third-order valence-corrected chi connectivity index (χ3v) is 4.94. The molecular weight excluding hydrogens is 491 g/mol. The molecule has 0 amide bonds. The van der Waals surface area contributed by atoms with Crippen LogP contribution < -0.4 is 0 Å². The van der Waals surface area contributed by atoms with Crippen molar-refractivity contribution < 1.29 is 62.2 Å². The van der Waals surface area contributed by atoms with E-state index in [9.17, 15) is 62.2 Å². The highest BCUT2D eigenvalue weighted by molar-refractivity contribution is 5.31. The second-order valence-electron chi connectivity index (χ2n) is 8.78. The zero-order chi connectivity index (χ0) is 26.7. The zero-order valence-corrected chi connectivity index (χ0v) is 17.4. The largest absolute Gasteiger partial charge is 0.460 e. The Morgan fingerprint density at radius 2 is 0.879 bits per heavy atom. The lowest BCUT2D eigenvalue weighted by Gasteiger charge is -2.41. The first kappa shape index (κ1) is 29.3. The minimum Gasteiger partial charge on any atom is -0.385 e. The van der Waals surface area contributed by atoms with Crippen molar-refractivity contribution in [3.05, 3.63) is 35.4 Å². The van der Waals surface area contributed by atoms with Gasteiger partial charge in [-0.05, 0) is 23.5 Å². The minimum absolute atomic E-state index is 0.420. The molecule has 0 spiro atoms. The lowest BCUT2D eigenvalue weighted by Crippen LogP contribution is -2.70. The summed E-state index contributed by atoms with van der Waals surface area (Å²) in [6.45, 7) is 5.57. The first-order chi connectivity index (χ1) is 14.2. The van der Waals surface area contributed by atoms with E-state index in [1.54, 1.807) is 20.8 Å². The van der Waals surface area contributed by atoms with Crippen LogP contribution in [-0.4, -0.2) is 40.9 Å². The van der Waals surface area contributed by atoms with Crippen molar-refractivity contribution >= 4 is 0 Å². The summed E-state index contributed by atoms with van der Waals surface area (Å²) >= 11 is 0. The van der Waals surface area contributed by atoms with Crippen molar-refractivity contribution in [2.75, 3.05) is 0 Å². The van der Waals surface area contributed by atoms with Crippen molar-refractivity contribution in [2.45, 2.75) is 80.9 Å². The molecule has 0 aliphatic heterocycles. The first-order valence-electron chi connectivity index (χ1n) is 8.96. The molecule has 0 fully saturated rings. The summed E-state index contributed by atoms with van der Waals surface area (Å²) in [7, 11) is 0. The lowest BCUT2D eigenvalue weighted by molar-refractivity contribution is -0.441. The van der Waals surface area contributed by atoms with E-state index in [1.807, 2.05) is 0 Å². The molecule has 0 aromatic heterocycles. The highest BCUT2D eigenvalue weighted by Crippen LogP contribution is 2.61. The van der Waals surface area contributed by atoms with Gasteiger partial charge in [0, 0.05) is 0 Å². The molecule has 1 nitrogen and oxygen atoms in total. The van der Waals surface area contributed by atoms with E-state index in [0.29, 0.717) is 12.5 Å². The van der Waals surface area contributed by atoms with Gasteiger partial charge in [0.2, 0.25) is 0 Å². The van der Waals surface area contributed by atoms with Crippen LogP contribution in [0.15, 0.2) is 24.3 Å². The maximum absolute atomic E-state index is 14.1. The molecule has 0 radical (unpaired) electrons. The Morgan fingerprint density at radius 1 is 0.545 bits per heavy atom. The monoisotopic (exact) mass is 510 g/mol. The molecule has 0 heterocycles. The van der Waals surface area contributed by atoms with Gasteiger partial charge in [-0.2, -0.15) is 57.1 Å². The summed E-state index contributed by atoms with van der Waals surface area (Å²) in [6, 6.07) is 4.40. The molecule has 1 aromatic rings. The summed E-state index contributed by atoms with van der Waals surface area (Å²) in [5.41, 5.74) is -3.62. The topological polar surface area (TPSA) is 20.2 Å². The number of rotatable bonds is 7.